The highest BCUT2D eigenvalue weighted by molar-refractivity contribution is 5.87. The zero-order chi connectivity index (χ0) is 25.2. The van der Waals surface area contributed by atoms with E-state index in [0.717, 1.165) is 22.3 Å². The topological polar surface area (TPSA) is 114 Å². The lowest BCUT2D eigenvalue weighted by atomic mass is 9.85. The zero-order valence-corrected chi connectivity index (χ0v) is 19.0. The molecule has 0 saturated carbocycles. The summed E-state index contributed by atoms with van der Waals surface area (Å²) in [7, 11) is 0. The maximum Gasteiger partial charge on any atom is 0.407 e. The first-order valence-electron chi connectivity index (χ1n) is 11.2. The molecule has 1 saturated heterocycles. The van der Waals surface area contributed by atoms with E-state index in [4.69, 9.17) is 9.47 Å². The number of carbonyl (C=O) groups excluding carboxylic acids is 2. The minimum absolute atomic E-state index is 0.0452. The average Bonchev–Trinajstić information content (AvgIpc) is 3.35. The van der Waals surface area contributed by atoms with Gasteiger partial charge in [-0.15, -0.1) is 0 Å². The number of carboxylic acids is 1. The Morgan fingerprint density at radius 2 is 1.71 bits per heavy atom. The molecule has 2 aliphatic rings. The summed E-state index contributed by atoms with van der Waals surface area (Å²) < 4.78 is 36.9. The lowest BCUT2D eigenvalue weighted by molar-refractivity contribution is -0.149. The van der Waals surface area contributed by atoms with Crippen molar-refractivity contribution in [2.45, 2.75) is 37.8 Å². The highest BCUT2D eigenvalue weighted by Crippen LogP contribution is 2.44. The first kappa shape index (κ1) is 24.6. The summed E-state index contributed by atoms with van der Waals surface area (Å²) in [5.41, 5.74) is 2.63. The lowest BCUT2D eigenvalue weighted by Gasteiger charge is -2.27. The Morgan fingerprint density at radius 3 is 2.29 bits per heavy atom. The van der Waals surface area contributed by atoms with Gasteiger partial charge in [-0.2, -0.15) is 0 Å². The van der Waals surface area contributed by atoms with Crippen LogP contribution in [0.3, 0.4) is 0 Å². The van der Waals surface area contributed by atoms with Crippen LogP contribution in [0.5, 0.6) is 0 Å². The van der Waals surface area contributed by atoms with Gasteiger partial charge >= 0.3 is 12.1 Å². The predicted octanol–water partition coefficient (Wildman–Crippen LogP) is 3.15. The number of alkyl halides is 2. The maximum absolute atomic E-state index is 13.2. The van der Waals surface area contributed by atoms with E-state index in [0.29, 0.717) is 0 Å². The van der Waals surface area contributed by atoms with Crippen LogP contribution >= 0.6 is 0 Å². The summed E-state index contributed by atoms with van der Waals surface area (Å²) in [6.07, 6.45) is -4.85. The van der Waals surface area contributed by atoms with E-state index in [1.165, 1.54) is 6.92 Å². The van der Waals surface area contributed by atoms with Crippen LogP contribution in [0.2, 0.25) is 0 Å². The van der Waals surface area contributed by atoms with E-state index in [9.17, 15) is 28.3 Å². The van der Waals surface area contributed by atoms with Gasteiger partial charge in [-0.05, 0) is 29.2 Å². The number of fused-ring (bicyclic) bond motifs is 3. The second kappa shape index (κ2) is 9.99. The Bertz CT molecular complexity index is 1080. The summed E-state index contributed by atoms with van der Waals surface area (Å²) >= 11 is 0. The largest absolute Gasteiger partial charge is 0.481 e. The van der Waals surface area contributed by atoms with Crippen molar-refractivity contribution in [3.05, 3.63) is 59.7 Å². The fourth-order valence-corrected chi connectivity index (χ4v) is 4.55. The SMILES string of the molecule is CC1(C(=O)O)COCC1NC(=O)C(CC(F)F)NC(=O)OCC1c2ccccc2-c2ccccc21. The van der Waals surface area contributed by atoms with Crippen LogP contribution in [0.25, 0.3) is 11.1 Å². The Kier molecular flexibility index (Phi) is 7.02. The minimum atomic E-state index is -2.88. The van der Waals surface area contributed by atoms with Crippen molar-refractivity contribution in [1.82, 2.24) is 10.6 Å². The molecule has 10 heteroatoms. The van der Waals surface area contributed by atoms with Gasteiger partial charge in [0.15, 0.2) is 0 Å². The number of alkyl carbamates (subject to hydrolysis) is 1. The van der Waals surface area contributed by atoms with Crippen LogP contribution in [0.1, 0.15) is 30.4 Å². The standard InChI is InChI=1S/C25H26F2N2O6/c1-25(23(31)32)13-34-12-20(25)29-22(30)19(10-21(26)27)28-24(33)35-11-18-16-8-4-2-6-14(16)15-7-3-5-9-17(15)18/h2-9,18-21H,10-13H2,1H3,(H,28,33)(H,29,30)(H,31,32). The van der Waals surface area contributed by atoms with Gasteiger partial charge in [0.2, 0.25) is 12.3 Å². The number of ether oxygens (including phenoxy) is 2. The highest BCUT2D eigenvalue weighted by Gasteiger charge is 2.48. The normalized spacial score (nSPS) is 21.8. The molecule has 1 aliphatic carbocycles. The molecule has 2 amide bonds. The van der Waals surface area contributed by atoms with Crippen molar-refractivity contribution in [3.8, 4) is 11.1 Å². The van der Waals surface area contributed by atoms with Gasteiger partial charge in [-0.3, -0.25) is 9.59 Å². The van der Waals surface area contributed by atoms with Gasteiger partial charge in [0.05, 0.1) is 19.3 Å². The van der Waals surface area contributed by atoms with Gasteiger partial charge in [0.1, 0.15) is 18.1 Å². The molecule has 8 nitrogen and oxygen atoms in total. The van der Waals surface area contributed by atoms with E-state index in [2.05, 4.69) is 10.6 Å². The molecule has 3 N–H and O–H groups in total. The molecule has 3 unspecified atom stereocenters. The maximum atomic E-state index is 13.2. The second-order valence-corrected chi connectivity index (χ2v) is 8.95. The summed E-state index contributed by atoms with van der Waals surface area (Å²) in [6.45, 7) is 1.14. The molecular weight excluding hydrogens is 462 g/mol. The van der Waals surface area contributed by atoms with E-state index >= 15 is 0 Å². The summed E-state index contributed by atoms with van der Waals surface area (Å²) in [4.78, 5) is 36.8. The third kappa shape index (κ3) is 4.97. The molecular formula is C25H26F2N2O6. The molecule has 0 spiro atoms. The van der Waals surface area contributed by atoms with Crippen molar-refractivity contribution < 1.29 is 37.7 Å². The average molecular weight is 488 g/mol. The third-order valence-corrected chi connectivity index (χ3v) is 6.63. The number of nitrogens with one attached hydrogen (secondary N) is 2. The number of carboxylic acid groups (broad SMARTS) is 1. The fraction of sp³-hybridized carbons (Fsp3) is 0.400. The van der Waals surface area contributed by atoms with Crippen LogP contribution in [0, 0.1) is 5.41 Å². The van der Waals surface area contributed by atoms with Crippen LogP contribution in [-0.4, -0.2) is 61.4 Å². The van der Waals surface area contributed by atoms with Crippen molar-refractivity contribution in [1.29, 1.82) is 0 Å². The summed E-state index contributed by atoms with van der Waals surface area (Å²) in [6, 6.07) is 12.9. The van der Waals surface area contributed by atoms with Crippen LogP contribution in [0.15, 0.2) is 48.5 Å². The van der Waals surface area contributed by atoms with Gasteiger partial charge < -0.3 is 25.2 Å². The number of carbonyl (C=O) groups is 3. The van der Waals surface area contributed by atoms with E-state index in [1.807, 2.05) is 48.5 Å². The number of amides is 2. The molecule has 35 heavy (non-hydrogen) atoms. The molecule has 2 aromatic carbocycles. The Hall–Kier alpha value is -3.53. The molecule has 3 atom stereocenters. The first-order chi connectivity index (χ1) is 16.7. The molecule has 186 valence electrons. The molecule has 2 aromatic rings. The van der Waals surface area contributed by atoms with Crippen LogP contribution < -0.4 is 10.6 Å². The number of hydrogen-bond acceptors (Lipinski definition) is 5. The number of hydrogen-bond donors (Lipinski definition) is 3. The van der Waals surface area contributed by atoms with E-state index < -0.39 is 48.3 Å². The van der Waals surface area contributed by atoms with Gasteiger partial charge in [-0.1, -0.05) is 48.5 Å². The fourth-order valence-electron chi connectivity index (χ4n) is 4.55. The molecule has 0 bridgehead atoms. The monoisotopic (exact) mass is 488 g/mol. The number of rotatable bonds is 8. The van der Waals surface area contributed by atoms with E-state index in [1.54, 1.807) is 0 Å². The zero-order valence-electron chi connectivity index (χ0n) is 19.0. The molecule has 4 rings (SSSR count). The van der Waals surface area contributed by atoms with Gasteiger partial charge in [0.25, 0.3) is 0 Å². The van der Waals surface area contributed by atoms with Crippen molar-refractivity contribution in [3.63, 3.8) is 0 Å². The lowest BCUT2D eigenvalue weighted by Crippen LogP contribution is -2.55. The van der Waals surface area contributed by atoms with Crippen molar-refractivity contribution in [2.75, 3.05) is 19.8 Å². The minimum Gasteiger partial charge on any atom is -0.481 e. The molecule has 1 heterocycles. The molecule has 1 fully saturated rings. The molecule has 1 aliphatic heterocycles. The quantitative estimate of drug-likeness (QED) is 0.526. The number of benzene rings is 2. The number of halogens is 2. The molecule has 0 radical (unpaired) electrons. The van der Waals surface area contributed by atoms with Crippen LogP contribution in [0.4, 0.5) is 13.6 Å². The molecule has 0 aromatic heterocycles. The van der Waals surface area contributed by atoms with E-state index in [-0.39, 0.29) is 25.7 Å². The summed E-state index contributed by atoms with van der Waals surface area (Å²) in [5, 5.41) is 14.1. The van der Waals surface area contributed by atoms with Gasteiger partial charge in [0, 0.05) is 12.3 Å². The Balaban J connectivity index is 1.41. The smallest absolute Gasteiger partial charge is 0.407 e. The predicted molar refractivity (Wildman–Crippen MR) is 121 cm³/mol. The highest BCUT2D eigenvalue weighted by atomic mass is 19.3. The van der Waals surface area contributed by atoms with Gasteiger partial charge in [-0.25, -0.2) is 13.6 Å². The number of aliphatic carboxylic acids is 1. The first-order valence-corrected chi connectivity index (χ1v) is 11.2. The Morgan fingerprint density at radius 1 is 1.11 bits per heavy atom. The van der Waals surface area contributed by atoms with Crippen molar-refractivity contribution in [2.24, 2.45) is 5.41 Å². The van der Waals surface area contributed by atoms with Crippen LogP contribution in [-0.2, 0) is 19.1 Å². The van der Waals surface area contributed by atoms with Crippen molar-refractivity contribution >= 4 is 18.0 Å². The second-order valence-electron chi connectivity index (χ2n) is 8.95. The summed E-state index contributed by atoms with van der Waals surface area (Å²) in [5.74, 6) is -2.35. The Labute approximate surface area is 200 Å². The third-order valence-electron chi connectivity index (χ3n) is 6.63.